The number of carbonyl (C=O) groups is 5. The van der Waals surface area contributed by atoms with Crippen LogP contribution >= 0.6 is 11.6 Å². The van der Waals surface area contributed by atoms with E-state index in [4.69, 9.17) is 21.1 Å². The van der Waals surface area contributed by atoms with Gasteiger partial charge in [-0.3, -0.25) is 24.5 Å². The highest BCUT2D eigenvalue weighted by Gasteiger charge is 2.33. The molecule has 170 valence electrons. The number of hydrogen-bond donors (Lipinski definition) is 1. The summed E-state index contributed by atoms with van der Waals surface area (Å²) >= 11 is 6.31. The second-order valence-corrected chi connectivity index (χ2v) is 7.61. The van der Waals surface area contributed by atoms with Crippen molar-refractivity contribution in [1.82, 2.24) is 5.32 Å². The highest BCUT2D eigenvalue weighted by molar-refractivity contribution is 6.41. The van der Waals surface area contributed by atoms with Gasteiger partial charge in [-0.2, -0.15) is 0 Å². The number of halogens is 1. The molecule has 0 bridgehead atoms. The first kappa shape index (κ1) is 22.9. The van der Waals surface area contributed by atoms with E-state index in [1.165, 1.54) is 37.4 Å². The van der Waals surface area contributed by atoms with E-state index in [0.717, 1.165) is 0 Å². The number of nitrogens with one attached hydrogen (secondary N) is 1. The van der Waals surface area contributed by atoms with Crippen molar-refractivity contribution >= 4 is 41.0 Å². The highest BCUT2D eigenvalue weighted by atomic mass is 35.5. The molecule has 1 N–H and O–H groups in total. The Morgan fingerprint density at radius 2 is 1.50 bits per heavy atom. The first-order valence-electron chi connectivity index (χ1n) is 9.98. The van der Waals surface area contributed by atoms with Crippen LogP contribution in [0.25, 0.3) is 0 Å². The third-order valence-corrected chi connectivity index (χ3v) is 5.58. The van der Waals surface area contributed by atoms with Crippen LogP contribution in [0.1, 0.15) is 52.6 Å². The summed E-state index contributed by atoms with van der Waals surface area (Å²) in [6.07, 6.45) is 0. The van der Waals surface area contributed by atoms with E-state index < -0.39 is 30.2 Å². The minimum atomic E-state index is -0.987. The van der Waals surface area contributed by atoms with Crippen LogP contribution in [0.15, 0.2) is 60.7 Å². The van der Waals surface area contributed by atoms with Crippen molar-refractivity contribution in [3.05, 3.63) is 99.1 Å². The van der Waals surface area contributed by atoms with Crippen LogP contribution in [0.2, 0.25) is 5.02 Å². The van der Waals surface area contributed by atoms with E-state index in [0.29, 0.717) is 5.75 Å². The maximum Gasteiger partial charge on any atom is 0.340 e. The van der Waals surface area contributed by atoms with Crippen molar-refractivity contribution in [1.29, 1.82) is 0 Å². The molecule has 8 nitrogen and oxygen atoms in total. The summed E-state index contributed by atoms with van der Waals surface area (Å²) < 4.78 is 9.97. The standard InChI is InChI=1S/C25H16ClNO7/c1-33-14-8-6-13(7-9-14)24(31)27-19(28)12-34-25(32)18-11-10-17-20(21(18)26)23(30)16-5-3-2-4-15(16)22(17)29/h2-11H,12H2,1H3,(H,27,28,31). The van der Waals surface area contributed by atoms with Crippen LogP contribution in [0.5, 0.6) is 5.75 Å². The van der Waals surface area contributed by atoms with E-state index >= 15 is 0 Å². The molecule has 0 radical (unpaired) electrons. The molecule has 0 spiro atoms. The van der Waals surface area contributed by atoms with E-state index in [-0.39, 0.29) is 44.2 Å². The van der Waals surface area contributed by atoms with Gasteiger partial charge < -0.3 is 9.47 Å². The van der Waals surface area contributed by atoms with E-state index in [1.54, 1.807) is 30.3 Å². The van der Waals surface area contributed by atoms with Crippen molar-refractivity contribution in [3.63, 3.8) is 0 Å². The molecule has 34 heavy (non-hydrogen) atoms. The number of methoxy groups -OCH3 is 1. The van der Waals surface area contributed by atoms with Gasteiger partial charge in [0.1, 0.15) is 5.75 Å². The lowest BCUT2D eigenvalue weighted by Crippen LogP contribution is -2.34. The Morgan fingerprint density at radius 1 is 0.853 bits per heavy atom. The zero-order chi connectivity index (χ0) is 24.4. The molecule has 4 rings (SSSR count). The molecule has 0 atom stereocenters. The lowest BCUT2D eigenvalue weighted by Gasteiger charge is -2.19. The van der Waals surface area contributed by atoms with Crippen LogP contribution in [-0.4, -0.2) is 43.1 Å². The molecule has 1 aliphatic carbocycles. The average Bonchev–Trinajstić information content (AvgIpc) is 2.85. The number of carbonyl (C=O) groups excluding carboxylic acids is 5. The van der Waals surface area contributed by atoms with Gasteiger partial charge >= 0.3 is 5.97 Å². The monoisotopic (exact) mass is 477 g/mol. The van der Waals surface area contributed by atoms with Gasteiger partial charge in [-0.25, -0.2) is 4.79 Å². The number of amides is 2. The van der Waals surface area contributed by atoms with Gasteiger partial charge in [-0.05, 0) is 36.4 Å². The van der Waals surface area contributed by atoms with E-state index in [2.05, 4.69) is 5.32 Å². The van der Waals surface area contributed by atoms with Gasteiger partial charge in [0.15, 0.2) is 18.2 Å². The lowest BCUT2D eigenvalue weighted by atomic mass is 9.83. The normalized spacial score (nSPS) is 11.8. The van der Waals surface area contributed by atoms with Crippen LogP contribution in [-0.2, 0) is 9.53 Å². The fourth-order valence-electron chi connectivity index (χ4n) is 3.49. The summed E-state index contributed by atoms with van der Waals surface area (Å²) in [4.78, 5) is 62.4. The summed E-state index contributed by atoms with van der Waals surface area (Å²) in [6.45, 7) is -0.760. The third kappa shape index (κ3) is 4.18. The van der Waals surface area contributed by atoms with Gasteiger partial charge in [0.25, 0.3) is 11.8 Å². The first-order chi connectivity index (χ1) is 16.3. The molecule has 0 saturated heterocycles. The van der Waals surface area contributed by atoms with E-state index in [9.17, 15) is 24.0 Å². The van der Waals surface area contributed by atoms with E-state index in [1.807, 2.05) is 0 Å². The third-order valence-electron chi connectivity index (χ3n) is 5.19. The first-order valence-corrected chi connectivity index (χ1v) is 10.4. The maximum absolute atomic E-state index is 12.9. The number of ketones is 2. The van der Waals surface area contributed by atoms with Gasteiger partial charge in [-0.1, -0.05) is 35.9 Å². The fourth-order valence-corrected chi connectivity index (χ4v) is 3.82. The summed E-state index contributed by atoms with van der Waals surface area (Å²) in [6, 6.07) is 14.9. The Balaban J connectivity index is 1.45. The van der Waals surface area contributed by atoms with Gasteiger partial charge in [0.2, 0.25) is 0 Å². The van der Waals surface area contributed by atoms with Gasteiger partial charge in [-0.15, -0.1) is 0 Å². The molecule has 1 aliphatic rings. The van der Waals surface area contributed by atoms with Crippen molar-refractivity contribution in [3.8, 4) is 5.75 Å². The molecule has 0 aliphatic heterocycles. The number of hydrogen-bond acceptors (Lipinski definition) is 7. The topological polar surface area (TPSA) is 116 Å². The average molecular weight is 478 g/mol. The second kappa shape index (κ2) is 9.29. The molecule has 9 heteroatoms. The zero-order valence-corrected chi connectivity index (χ0v) is 18.5. The Kier molecular flexibility index (Phi) is 6.25. The molecular formula is C25H16ClNO7. The molecule has 2 amide bonds. The minimum Gasteiger partial charge on any atom is -0.497 e. The molecule has 0 fully saturated rings. The van der Waals surface area contributed by atoms with Gasteiger partial charge in [0, 0.05) is 22.3 Å². The Bertz CT molecular complexity index is 1360. The lowest BCUT2D eigenvalue weighted by molar-refractivity contribution is -0.123. The number of esters is 1. The molecule has 3 aromatic rings. The van der Waals surface area contributed by atoms with Crippen molar-refractivity contribution in [2.24, 2.45) is 0 Å². The van der Waals surface area contributed by atoms with Crippen LogP contribution in [0.3, 0.4) is 0 Å². The number of imide groups is 1. The highest BCUT2D eigenvalue weighted by Crippen LogP contribution is 2.34. The number of fused-ring (bicyclic) bond motifs is 2. The minimum absolute atomic E-state index is 0.0769. The molecule has 0 aromatic heterocycles. The summed E-state index contributed by atoms with van der Waals surface area (Å²) in [5, 5.41) is 1.86. The van der Waals surface area contributed by atoms with Crippen LogP contribution in [0.4, 0.5) is 0 Å². The molecule has 0 unspecified atom stereocenters. The Morgan fingerprint density at radius 3 is 2.15 bits per heavy atom. The largest absolute Gasteiger partial charge is 0.497 e. The quantitative estimate of drug-likeness (QED) is 0.439. The van der Waals surface area contributed by atoms with Gasteiger partial charge in [0.05, 0.1) is 23.3 Å². The van der Waals surface area contributed by atoms with Crippen LogP contribution < -0.4 is 10.1 Å². The maximum atomic E-state index is 12.9. The predicted molar refractivity (Wildman–Crippen MR) is 121 cm³/mol. The second-order valence-electron chi connectivity index (χ2n) is 7.24. The molecular weight excluding hydrogens is 462 g/mol. The fraction of sp³-hybridized carbons (Fsp3) is 0.0800. The number of benzene rings is 3. The SMILES string of the molecule is COc1ccc(C(=O)NC(=O)COC(=O)c2ccc3c(c2Cl)C(=O)c2ccccc2C3=O)cc1. The van der Waals surface area contributed by atoms with Crippen LogP contribution in [0, 0.1) is 0 Å². The zero-order valence-electron chi connectivity index (χ0n) is 17.7. The Hall–Kier alpha value is -4.30. The summed E-state index contributed by atoms with van der Waals surface area (Å²) in [5.74, 6) is -2.86. The van der Waals surface area contributed by atoms with Crippen molar-refractivity contribution in [2.75, 3.05) is 13.7 Å². The van der Waals surface area contributed by atoms with Crippen molar-refractivity contribution in [2.45, 2.75) is 0 Å². The number of ether oxygens (including phenoxy) is 2. The summed E-state index contributed by atoms with van der Waals surface area (Å²) in [7, 11) is 1.48. The molecule has 0 heterocycles. The molecule has 3 aromatic carbocycles. The predicted octanol–water partition coefficient (Wildman–Crippen LogP) is 3.24. The number of rotatable bonds is 5. The smallest absolute Gasteiger partial charge is 0.340 e. The Labute approximate surface area is 198 Å². The molecule has 0 saturated carbocycles. The summed E-state index contributed by atoms with van der Waals surface area (Å²) in [5.41, 5.74) is 0.442. The van der Waals surface area contributed by atoms with Crippen molar-refractivity contribution < 1.29 is 33.4 Å².